The lowest BCUT2D eigenvalue weighted by atomic mass is 10.1. The normalized spacial score (nSPS) is 14.6. The molecule has 0 fully saturated rings. The molecular weight excluding hydrogens is 458 g/mol. The smallest absolute Gasteiger partial charge is 0.354 e. The number of carboxylic acids is 1. The number of pyridine rings is 1. The van der Waals surface area contributed by atoms with Gasteiger partial charge in [-0.2, -0.15) is 8.42 Å². The van der Waals surface area contributed by atoms with Crippen LogP contribution in [0.3, 0.4) is 0 Å². The van der Waals surface area contributed by atoms with Crippen LogP contribution >= 0.6 is 23.4 Å². The Bertz CT molecular complexity index is 1380. The van der Waals surface area contributed by atoms with Gasteiger partial charge in [0.05, 0.1) is 10.7 Å². The van der Waals surface area contributed by atoms with Gasteiger partial charge < -0.3 is 5.11 Å². The van der Waals surface area contributed by atoms with Gasteiger partial charge in [-0.3, -0.25) is 9.62 Å². The molecular formula is C21H12ClN3O4S2. The molecule has 10 heteroatoms. The molecule has 0 radical (unpaired) electrons. The molecule has 7 nitrogen and oxygen atoms in total. The summed E-state index contributed by atoms with van der Waals surface area (Å²) in [5, 5.41) is 11.2. The van der Waals surface area contributed by atoms with Gasteiger partial charge in [0, 0.05) is 29.6 Å². The number of hydrogen-bond donors (Lipinski definition) is 2. The largest absolute Gasteiger partial charge is 0.477 e. The van der Waals surface area contributed by atoms with E-state index in [0.29, 0.717) is 16.2 Å². The van der Waals surface area contributed by atoms with Crippen molar-refractivity contribution in [3.63, 3.8) is 0 Å². The average Bonchev–Trinajstić information content (AvgIpc) is 3.21. The van der Waals surface area contributed by atoms with Crippen molar-refractivity contribution in [2.24, 2.45) is 0 Å². The Balaban J connectivity index is 1.64. The number of aromatic carboxylic acids is 1. The molecule has 0 saturated carbocycles. The molecule has 0 saturated heterocycles. The van der Waals surface area contributed by atoms with Crippen LogP contribution in [0.25, 0.3) is 0 Å². The van der Waals surface area contributed by atoms with Crippen molar-refractivity contribution in [1.82, 2.24) is 9.88 Å². The summed E-state index contributed by atoms with van der Waals surface area (Å²) < 4.78 is 28.8. The van der Waals surface area contributed by atoms with Gasteiger partial charge in [-0.15, -0.1) is 0 Å². The minimum Gasteiger partial charge on any atom is -0.477 e. The van der Waals surface area contributed by atoms with Crippen molar-refractivity contribution in [3.8, 4) is 11.8 Å². The number of nitrogens with one attached hydrogen (secondary N) is 1. The van der Waals surface area contributed by atoms with Gasteiger partial charge in [-0.25, -0.2) is 9.78 Å². The van der Waals surface area contributed by atoms with Crippen LogP contribution in [0.4, 0.5) is 5.69 Å². The lowest BCUT2D eigenvalue weighted by Crippen LogP contribution is -2.27. The first-order valence-electron chi connectivity index (χ1n) is 8.67. The molecule has 4 rings (SSSR count). The number of hydrogen-bond acceptors (Lipinski definition) is 6. The van der Waals surface area contributed by atoms with Crippen molar-refractivity contribution < 1.29 is 18.3 Å². The number of nitrogens with zero attached hydrogens (tertiary/aromatic N) is 2. The van der Waals surface area contributed by atoms with E-state index in [-0.39, 0.29) is 21.4 Å². The van der Waals surface area contributed by atoms with Gasteiger partial charge in [0.2, 0.25) is 0 Å². The number of para-hydroxylation sites is 1. The van der Waals surface area contributed by atoms with E-state index in [1.54, 1.807) is 35.9 Å². The highest BCUT2D eigenvalue weighted by molar-refractivity contribution is 8.06. The summed E-state index contributed by atoms with van der Waals surface area (Å²) in [7, 11) is -4.04. The molecule has 0 atom stereocenters. The van der Waals surface area contributed by atoms with E-state index >= 15 is 0 Å². The number of carboxylic acid groups (broad SMARTS) is 1. The number of anilines is 1. The minimum atomic E-state index is -4.04. The Morgan fingerprint density at radius 3 is 2.77 bits per heavy atom. The molecule has 1 aromatic carbocycles. The summed E-state index contributed by atoms with van der Waals surface area (Å²) in [5.41, 5.74) is 4.03. The van der Waals surface area contributed by atoms with E-state index in [1.165, 1.54) is 41.1 Å². The fourth-order valence-corrected chi connectivity index (χ4v) is 5.21. The Labute approximate surface area is 187 Å². The van der Waals surface area contributed by atoms with Crippen molar-refractivity contribution in [1.29, 1.82) is 0 Å². The molecule has 0 aliphatic carbocycles. The molecule has 0 bridgehead atoms. The van der Waals surface area contributed by atoms with Crippen LogP contribution in [0.5, 0.6) is 0 Å². The number of rotatable bonds is 4. The summed E-state index contributed by atoms with van der Waals surface area (Å²) in [5.74, 6) is 4.62. The third-order valence-corrected chi connectivity index (χ3v) is 6.71. The zero-order chi connectivity index (χ0) is 22.0. The van der Waals surface area contributed by atoms with Gasteiger partial charge in [0.1, 0.15) is 10.7 Å². The maximum absolute atomic E-state index is 13.1. The third-order valence-electron chi connectivity index (χ3n) is 4.10. The molecule has 2 aliphatic heterocycles. The van der Waals surface area contributed by atoms with Crippen LogP contribution in [0.1, 0.15) is 21.6 Å². The second-order valence-corrected chi connectivity index (χ2v) is 9.06. The lowest BCUT2D eigenvalue weighted by molar-refractivity contribution is 0.0690. The second-order valence-electron chi connectivity index (χ2n) is 6.16. The zero-order valence-electron chi connectivity index (χ0n) is 15.5. The number of carbonyl (C=O) groups is 1. The summed E-state index contributed by atoms with van der Waals surface area (Å²) >= 11 is 7.52. The summed E-state index contributed by atoms with van der Waals surface area (Å²) in [4.78, 5) is 16.2. The number of sulfonamides is 1. The van der Waals surface area contributed by atoms with E-state index in [2.05, 4.69) is 27.3 Å². The summed E-state index contributed by atoms with van der Waals surface area (Å²) in [6.07, 6.45) is 4.37. The molecule has 2 aromatic rings. The molecule has 2 aliphatic rings. The van der Waals surface area contributed by atoms with Gasteiger partial charge in [-0.1, -0.05) is 53.1 Å². The molecule has 31 heavy (non-hydrogen) atoms. The van der Waals surface area contributed by atoms with E-state index in [9.17, 15) is 13.2 Å². The molecule has 3 heterocycles. The van der Waals surface area contributed by atoms with E-state index < -0.39 is 16.0 Å². The van der Waals surface area contributed by atoms with Crippen LogP contribution < -0.4 is 4.72 Å². The molecule has 0 amide bonds. The Hall–Kier alpha value is -3.41. The van der Waals surface area contributed by atoms with Crippen molar-refractivity contribution in [3.05, 3.63) is 97.9 Å². The van der Waals surface area contributed by atoms with Crippen molar-refractivity contribution in [2.75, 3.05) is 4.72 Å². The first kappa shape index (κ1) is 20.8. The predicted molar refractivity (Wildman–Crippen MR) is 119 cm³/mol. The first-order valence-corrected chi connectivity index (χ1v) is 11.4. The summed E-state index contributed by atoms with van der Waals surface area (Å²) in [6, 6.07) is 9.53. The monoisotopic (exact) mass is 469 g/mol. The predicted octanol–water partition coefficient (Wildman–Crippen LogP) is 3.86. The molecule has 0 unspecified atom stereocenters. The highest BCUT2D eigenvalue weighted by Gasteiger charge is 2.32. The van der Waals surface area contributed by atoms with Gasteiger partial charge in [-0.05, 0) is 29.7 Å². The van der Waals surface area contributed by atoms with Crippen LogP contribution in [0.2, 0.25) is 0 Å². The second kappa shape index (κ2) is 8.38. The quantitative estimate of drug-likeness (QED) is 0.518. The first-order chi connectivity index (χ1) is 14.8. The maximum atomic E-state index is 13.1. The van der Waals surface area contributed by atoms with Crippen LogP contribution in [-0.4, -0.2) is 29.4 Å². The van der Waals surface area contributed by atoms with E-state index in [0.717, 1.165) is 0 Å². The Morgan fingerprint density at radius 1 is 1.23 bits per heavy atom. The number of thioether (sulfide) groups is 1. The fourth-order valence-electron chi connectivity index (χ4n) is 2.71. The van der Waals surface area contributed by atoms with Crippen molar-refractivity contribution >= 4 is 45.0 Å². The van der Waals surface area contributed by atoms with Crippen LogP contribution in [0, 0.1) is 11.8 Å². The SMILES string of the molecule is O=C(O)c1ccc(C#Cc2ccccc2NS(=O)(=O)C2=C(Cl)C=C=C3SC=CN32)cn1. The van der Waals surface area contributed by atoms with Gasteiger partial charge >= 0.3 is 5.97 Å². The van der Waals surface area contributed by atoms with Gasteiger partial charge in [0.15, 0.2) is 5.03 Å². The third kappa shape index (κ3) is 4.38. The van der Waals surface area contributed by atoms with E-state index in [1.807, 2.05) is 0 Å². The summed E-state index contributed by atoms with van der Waals surface area (Å²) in [6.45, 7) is 0. The Kier molecular flexibility index (Phi) is 5.63. The average molecular weight is 470 g/mol. The minimum absolute atomic E-state index is 0.0385. The highest BCUT2D eigenvalue weighted by Crippen LogP contribution is 2.38. The number of allylic oxidation sites excluding steroid dienone is 2. The maximum Gasteiger partial charge on any atom is 0.354 e. The van der Waals surface area contributed by atoms with E-state index in [4.69, 9.17) is 16.7 Å². The number of benzene rings is 1. The van der Waals surface area contributed by atoms with Gasteiger partial charge in [0.25, 0.3) is 10.0 Å². The molecule has 1 aromatic heterocycles. The highest BCUT2D eigenvalue weighted by atomic mass is 35.5. The molecule has 0 spiro atoms. The topological polar surface area (TPSA) is 99.6 Å². The molecule has 154 valence electrons. The number of fused-ring (bicyclic) bond motifs is 1. The fraction of sp³-hybridized carbons (Fsp3) is 0. The Morgan fingerprint density at radius 2 is 2.03 bits per heavy atom. The zero-order valence-corrected chi connectivity index (χ0v) is 17.9. The van der Waals surface area contributed by atoms with Crippen molar-refractivity contribution in [2.45, 2.75) is 0 Å². The van der Waals surface area contributed by atoms with Crippen LogP contribution in [-0.2, 0) is 10.0 Å². The number of halogens is 1. The number of aromatic nitrogens is 1. The molecule has 2 N–H and O–H groups in total. The standard InChI is InChI=1S/C21H12ClN3O4S2/c22-16-8-10-19-25(11-12-30-19)20(16)31(28,29)24-17-4-2-1-3-15(17)7-5-14-6-9-18(21(26)27)23-13-14/h1-4,6,8-9,11-13,24H,(H,26,27). The van der Waals surface area contributed by atoms with Crippen LogP contribution in [0.15, 0.2) is 81.1 Å². The lowest BCUT2D eigenvalue weighted by Gasteiger charge is -2.23.